The van der Waals surface area contributed by atoms with Gasteiger partial charge in [-0.05, 0) is 43.1 Å². The molecule has 19 heavy (non-hydrogen) atoms. The Labute approximate surface area is 118 Å². The highest BCUT2D eigenvalue weighted by Crippen LogP contribution is 2.29. The third kappa shape index (κ3) is 4.79. The Kier molecular flexibility index (Phi) is 6.84. The van der Waals surface area contributed by atoms with Crippen LogP contribution in [0.5, 0.6) is 0 Å². The summed E-state index contributed by atoms with van der Waals surface area (Å²) in [5.74, 6) is 2.56. The Morgan fingerprint density at radius 2 is 1.74 bits per heavy atom. The Bertz CT molecular complexity index is 268. The first-order valence-electron chi connectivity index (χ1n) is 7.95. The van der Waals surface area contributed by atoms with E-state index in [1.807, 2.05) is 0 Å². The van der Waals surface area contributed by atoms with E-state index in [1.54, 1.807) is 0 Å². The summed E-state index contributed by atoms with van der Waals surface area (Å²) in [6.45, 7) is 10.4. The molecule has 1 fully saturated rings. The lowest BCUT2D eigenvalue weighted by Crippen LogP contribution is -2.42. The highest BCUT2D eigenvalue weighted by Gasteiger charge is 2.30. The van der Waals surface area contributed by atoms with Gasteiger partial charge in [0.05, 0.1) is 0 Å². The summed E-state index contributed by atoms with van der Waals surface area (Å²) >= 11 is 0. The molecule has 3 heteroatoms. The van der Waals surface area contributed by atoms with E-state index < -0.39 is 0 Å². The van der Waals surface area contributed by atoms with Crippen LogP contribution >= 0.6 is 0 Å². The van der Waals surface area contributed by atoms with Gasteiger partial charge in [-0.1, -0.05) is 40.5 Å². The standard InChI is InChI=1S/C16H32N2O/c1-11(2)15(12(3)4)10-18-16(19)14-8-6-5-7-13(14)9-17/h11-15H,5-10,17H2,1-4H3,(H,18,19). The lowest BCUT2D eigenvalue weighted by Gasteiger charge is -2.31. The second-order valence-electron chi connectivity index (χ2n) is 6.78. The highest BCUT2D eigenvalue weighted by molar-refractivity contribution is 5.79. The number of nitrogens with one attached hydrogen (secondary N) is 1. The quantitative estimate of drug-likeness (QED) is 0.778. The lowest BCUT2D eigenvalue weighted by atomic mass is 9.78. The molecule has 0 saturated heterocycles. The van der Waals surface area contributed by atoms with Crippen molar-refractivity contribution in [2.45, 2.75) is 53.4 Å². The molecule has 1 rings (SSSR count). The maximum atomic E-state index is 12.4. The molecule has 3 N–H and O–H groups in total. The molecule has 2 atom stereocenters. The zero-order valence-electron chi connectivity index (χ0n) is 13.1. The van der Waals surface area contributed by atoms with E-state index in [-0.39, 0.29) is 11.8 Å². The molecule has 0 aliphatic heterocycles. The Hall–Kier alpha value is -0.570. The number of amides is 1. The van der Waals surface area contributed by atoms with Gasteiger partial charge >= 0.3 is 0 Å². The van der Waals surface area contributed by atoms with Crippen molar-refractivity contribution < 1.29 is 4.79 Å². The van der Waals surface area contributed by atoms with Gasteiger partial charge in [0.1, 0.15) is 0 Å². The van der Waals surface area contributed by atoms with Crippen molar-refractivity contribution in [2.75, 3.05) is 13.1 Å². The minimum atomic E-state index is 0.152. The van der Waals surface area contributed by atoms with Crippen LogP contribution in [0.4, 0.5) is 0 Å². The SMILES string of the molecule is CC(C)C(CNC(=O)C1CCCCC1CN)C(C)C. The maximum absolute atomic E-state index is 12.4. The lowest BCUT2D eigenvalue weighted by molar-refractivity contribution is -0.128. The molecule has 0 spiro atoms. The monoisotopic (exact) mass is 268 g/mol. The van der Waals surface area contributed by atoms with Crippen LogP contribution in [0.3, 0.4) is 0 Å². The molecule has 0 heterocycles. The molecule has 0 aromatic carbocycles. The predicted octanol–water partition coefficient (Wildman–Crippen LogP) is 2.80. The number of carbonyl (C=O) groups excluding carboxylic acids is 1. The van der Waals surface area contributed by atoms with Crippen LogP contribution in [0.2, 0.25) is 0 Å². The number of hydrogen-bond donors (Lipinski definition) is 2. The van der Waals surface area contributed by atoms with E-state index in [1.165, 1.54) is 12.8 Å². The van der Waals surface area contributed by atoms with E-state index in [9.17, 15) is 4.79 Å². The Morgan fingerprint density at radius 1 is 1.16 bits per heavy atom. The summed E-state index contributed by atoms with van der Waals surface area (Å²) in [6, 6.07) is 0. The molecule has 1 saturated carbocycles. The van der Waals surface area contributed by atoms with Crippen LogP contribution in [0, 0.1) is 29.6 Å². The summed E-state index contributed by atoms with van der Waals surface area (Å²) < 4.78 is 0. The molecule has 0 aromatic heterocycles. The molecule has 3 nitrogen and oxygen atoms in total. The summed E-state index contributed by atoms with van der Waals surface area (Å²) in [6.07, 6.45) is 4.53. The fraction of sp³-hybridized carbons (Fsp3) is 0.938. The van der Waals surface area contributed by atoms with Gasteiger partial charge in [-0.25, -0.2) is 0 Å². The zero-order chi connectivity index (χ0) is 14.4. The van der Waals surface area contributed by atoms with Crippen LogP contribution in [-0.4, -0.2) is 19.0 Å². The van der Waals surface area contributed by atoms with Crippen molar-refractivity contribution in [1.82, 2.24) is 5.32 Å². The molecular formula is C16H32N2O. The summed E-state index contributed by atoms with van der Waals surface area (Å²) in [5.41, 5.74) is 5.80. The largest absolute Gasteiger partial charge is 0.356 e. The molecular weight excluding hydrogens is 236 g/mol. The fourth-order valence-electron chi connectivity index (χ4n) is 3.43. The van der Waals surface area contributed by atoms with E-state index in [2.05, 4.69) is 33.0 Å². The molecule has 112 valence electrons. The number of carbonyl (C=O) groups is 1. The van der Waals surface area contributed by atoms with Crippen LogP contribution in [-0.2, 0) is 4.79 Å². The molecule has 2 unspecified atom stereocenters. The van der Waals surface area contributed by atoms with Crippen LogP contribution < -0.4 is 11.1 Å². The second-order valence-corrected chi connectivity index (χ2v) is 6.78. The van der Waals surface area contributed by atoms with Crippen molar-refractivity contribution in [3.05, 3.63) is 0 Å². The third-order valence-electron chi connectivity index (χ3n) is 4.77. The summed E-state index contributed by atoms with van der Waals surface area (Å²) in [4.78, 5) is 12.4. The van der Waals surface area contributed by atoms with Gasteiger partial charge in [-0.3, -0.25) is 4.79 Å². The third-order valence-corrected chi connectivity index (χ3v) is 4.77. The van der Waals surface area contributed by atoms with Crippen LogP contribution in [0.1, 0.15) is 53.4 Å². The van der Waals surface area contributed by atoms with Gasteiger partial charge in [0.15, 0.2) is 0 Å². The summed E-state index contributed by atoms with van der Waals surface area (Å²) in [5, 5.41) is 3.18. The Balaban J connectivity index is 2.49. The van der Waals surface area contributed by atoms with Crippen molar-refractivity contribution in [1.29, 1.82) is 0 Å². The average molecular weight is 268 g/mol. The van der Waals surface area contributed by atoms with Crippen molar-refractivity contribution in [2.24, 2.45) is 35.3 Å². The van der Waals surface area contributed by atoms with Gasteiger partial charge in [-0.2, -0.15) is 0 Å². The van der Waals surface area contributed by atoms with Gasteiger partial charge in [0, 0.05) is 12.5 Å². The van der Waals surface area contributed by atoms with E-state index >= 15 is 0 Å². The topological polar surface area (TPSA) is 55.1 Å². The number of hydrogen-bond acceptors (Lipinski definition) is 2. The fourth-order valence-corrected chi connectivity index (χ4v) is 3.43. The van der Waals surface area contributed by atoms with Gasteiger partial charge < -0.3 is 11.1 Å². The normalized spacial score (nSPS) is 24.2. The van der Waals surface area contributed by atoms with Gasteiger partial charge in [0.25, 0.3) is 0 Å². The van der Waals surface area contributed by atoms with Gasteiger partial charge in [-0.15, -0.1) is 0 Å². The number of nitrogens with two attached hydrogens (primary N) is 1. The van der Waals surface area contributed by atoms with Crippen LogP contribution in [0.25, 0.3) is 0 Å². The van der Waals surface area contributed by atoms with Crippen molar-refractivity contribution >= 4 is 5.91 Å². The minimum Gasteiger partial charge on any atom is -0.356 e. The number of rotatable bonds is 6. The highest BCUT2D eigenvalue weighted by atomic mass is 16.1. The van der Waals surface area contributed by atoms with Crippen LogP contribution in [0.15, 0.2) is 0 Å². The van der Waals surface area contributed by atoms with E-state index in [0.717, 1.165) is 19.4 Å². The van der Waals surface area contributed by atoms with Gasteiger partial charge in [0.2, 0.25) is 5.91 Å². The smallest absolute Gasteiger partial charge is 0.223 e. The predicted molar refractivity (Wildman–Crippen MR) is 80.7 cm³/mol. The molecule has 0 radical (unpaired) electrons. The second kappa shape index (κ2) is 7.88. The first-order valence-corrected chi connectivity index (χ1v) is 7.95. The molecule has 1 aliphatic carbocycles. The molecule has 1 amide bonds. The molecule has 1 aliphatic rings. The summed E-state index contributed by atoms with van der Waals surface area (Å²) in [7, 11) is 0. The molecule has 0 bridgehead atoms. The minimum absolute atomic E-state index is 0.152. The zero-order valence-corrected chi connectivity index (χ0v) is 13.1. The van der Waals surface area contributed by atoms with E-state index in [0.29, 0.717) is 30.2 Å². The van der Waals surface area contributed by atoms with E-state index in [4.69, 9.17) is 5.73 Å². The average Bonchev–Trinajstić information content (AvgIpc) is 2.37. The Morgan fingerprint density at radius 3 is 2.26 bits per heavy atom. The van der Waals surface area contributed by atoms with Crippen molar-refractivity contribution in [3.63, 3.8) is 0 Å². The van der Waals surface area contributed by atoms with Crippen molar-refractivity contribution in [3.8, 4) is 0 Å². The first-order chi connectivity index (χ1) is 8.97. The maximum Gasteiger partial charge on any atom is 0.223 e. The molecule has 0 aromatic rings. The first kappa shape index (κ1) is 16.5.